The predicted octanol–water partition coefficient (Wildman–Crippen LogP) is 5.27. The monoisotopic (exact) mass is 501 g/mol. The fourth-order valence-electron chi connectivity index (χ4n) is 5.66. The Bertz CT molecular complexity index is 1140. The highest BCUT2D eigenvalue weighted by atomic mass is 16.5. The number of carboxylic acids is 2. The first-order chi connectivity index (χ1) is 17.8. The van der Waals surface area contributed by atoms with Crippen molar-refractivity contribution >= 4 is 11.9 Å². The van der Waals surface area contributed by atoms with Crippen molar-refractivity contribution in [3.05, 3.63) is 107 Å². The van der Waals surface area contributed by atoms with E-state index in [1.807, 2.05) is 0 Å². The van der Waals surface area contributed by atoms with Gasteiger partial charge >= 0.3 is 11.9 Å². The van der Waals surface area contributed by atoms with Crippen LogP contribution in [0.25, 0.3) is 0 Å². The summed E-state index contributed by atoms with van der Waals surface area (Å²) in [5.41, 5.74) is 6.77. The topological polar surface area (TPSA) is 87.1 Å². The van der Waals surface area contributed by atoms with Crippen LogP contribution in [0.4, 0.5) is 0 Å². The number of aliphatic carboxylic acids is 2. The van der Waals surface area contributed by atoms with Gasteiger partial charge in [-0.1, -0.05) is 78.9 Å². The molecule has 6 heteroatoms. The van der Waals surface area contributed by atoms with E-state index in [1.54, 1.807) is 0 Å². The second kappa shape index (κ2) is 12.2. The van der Waals surface area contributed by atoms with Crippen LogP contribution >= 0.6 is 0 Å². The van der Waals surface area contributed by atoms with Crippen LogP contribution in [-0.4, -0.2) is 52.3 Å². The van der Waals surface area contributed by atoms with Crippen LogP contribution in [0.15, 0.2) is 78.9 Å². The van der Waals surface area contributed by atoms with Gasteiger partial charge in [-0.3, -0.25) is 4.90 Å². The van der Waals surface area contributed by atoms with E-state index < -0.39 is 11.9 Å². The van der Waals surface area contributed by atoms with Gasteiger partial charge in [-0.25, -0.2) is 9.59 Å². The van der Waals surface area contributed by atoms with E-state index in [-0.39, 0.29) is 6.10 Å². The maximum absolute atomic E-state index is 9.10. The van der Waals surface area contributed by atoms with Crippen LogP contribution in [-0.2, 0) is 20.9 Å². The average molecular weight is 502 g/mol. The van der Waals surface area contributed by atoms with Crippen LogP contribution in [0.1, 0.15) is 46.6 Å². The summed E-state index contributed by atoms with van der Waals surface area (Å²) in [4.78, 5) is 20.9. The molecule has 3 aromatic carbocycles. The molecule has 6 rings (SSSR count). The molecule has 0 unspecified atom stereocenters. The molecule has 0 spiro atoms. The molecule has 2 atom stereocenters. The average Bonchev–Trinajstić information content (AvgIpc) is 2.92. The lowest BCUT2D eigenvalue weighted by atomic mass is 9.72. The number of ether oxygens (including phenoxy) is 1. The minimum absolute atomic E-state index is 0.259. The van der Waals surface area contributed by atoms with E-state index >= 15 is 0 Å². The van der Waals surface area contributed by atoms with Gasteiger partial charge in [-0.15, -0.1) is 0 Å². The van der Waals surface area contributed by atoms with Crippen molar-refractivity contribution in [3.63, 3.8) is 0 Å². The molecule has 3 heterocycles. The van der Waals surface area contributed by atoms with Gasteiger partial charge < -0.3 is 14.9 Å². The highest BCUT2D eigenvalue weighted by Crippen LogP contribution is 2.43. The SMILES string of the molecule is Cc1ccc(CO[C@@H]2C3CCN(CC3)[C@@H]2C(c2ccccc2)c2ccccc2)cc1C.O=C(O)C(=O)O. The summed E-state index contributed by atoms with van der Waals surface area (Å²) < 4.78 is 6.79. The number of hydrogen-bond donors (Lipinski definition) is 2. The Kier molecular flexibility index (Phi) is 8.74. The van der Waals surface area contributed by atoms with E-state index in [1.165, 1.54) is 53.7 Å². The Morgan fingerprint density at radius 3 is 1.86 bits per heavy atom. The lowest BCUT2D eigenvalue weighted by Crippen LogP contribution is -2.60. The summed E-state index contributed by atoms with van der Waals surface area (Å²) in [5.74, 6) is -2.67. The van der Waals surface area contributed by atoms with Gasteiger partial charge in [0.2, 0.25) is 0 Å². The Morgan fingerprint density at radius 1 is 0.838 bits per heavy atom. The quantitative estimate of drug-likeness (QED) is 0.448. The summed E-state index contributed by atoms with van der Waals surface area (Å²) in [6.45, 7) is 7.44. The maximum Gasteiger partial charge on any atom is 0.414 e. The van der Waals surface area contributed by atoms with Crippen molar-refractivity contribution in [2.45, 2.75) is 51.4 Å². The molecule has 6 nitrogen and oxygen atoms in total. The van der Waals surface area contributed by atoms with E-state index in [4.69, 9.17) is 24.5 Å². The van der Waals surface area contributed by atoms with E-state index in [0.29, 0.717) is 24.5 Å². The van der Waals surface area contributed by atoms with E-state index in [2.05, 4.69) is 97.6 Å². The maximum atomic E-state index is 9.10. The van der Waals surface area contributed by atoms with Crippen molar-refractivity contribution in [2.24, 2.45) is 5.92 Å². The molecule has 3 fully saturated rings. The molecular weight excluding hydrogens is 466 g/mol. The number of carboxylic acid groups (broad SMARTS) is 2. The van der Waals surface area contributed by atoms with Crippen LogP contribution in [0.5, 0.6) is 0 Å². The fourth-order valence-corrected chi connectivity index (χ4v) is 5.66. The van der Waals surface area contributed by atoms with Crippen molar-refractivity contribution < 1.29 is 24.5 Å². The number of fused-ring (bicyclic) bond motifs is 3. The van der Waals surface area contributed by atoms with Crippen molar-refractivity contribution in [2.75, 3.05) is 13.1 Å². The van der Waals surface area contributed by atoms with Gasteiger partial charge in [0, 0.05) is 12.0 Å². The predicted molar refractivity (Wildman–Crippen MR) is 143 cm³/mol. The first-order valence-corrected chi connectivity index (χ1v) is 12.8. The first kappa shape index (κ1) is 26.6. The molecule has 2 N–H and O–H groups in total. The largest absolute Gasteiger partial charge is 0.473 e. The molecule has 3 aromatic rings. The number of hydrogen-bond acceptors (Lipinski definition) is 4. The van der Waals surface area contributed by atoms with Crippen molar-refractivity contribution in [1.82, 2.24) is 4.90 Å². The zero-order valence-corrected chi connectivity index (χ0v) is 21.4. The minimum atomic E-state index is -1.82. The fraction of sp³-hybridized carbons (Fsp3) is 0.355. The van der Waals surface area contributed by atoms with Crippen molar-refractivity contribution in [1.29, 1.82) is 0 Å². The van der Waals surface area contributed by atoms with Crippen LogP contribution in [0, 0.1) is 19.8 Å². The molecule has 3 aliphatic rings. The third kappa shape index (κ3) is 6.45. The number of rotatable bonds is 6. The third-order valence-corrected chi connectivity index (χ3v) is 7.65. The van der Waals surface area contributed by atoms with Crippen LogP contribution in [0.3, 0.4) is 0 Å². The van der Waals surface area contributed by atoms with E-state index in [9.17, 15) is 0 Å². The lowest BCUT2D eigenvalue weighted by molar-refractivity contribution is -0.159. The Hall–Kier alpha value is -3.48. The molecule has 0 aliphatic carbocycles. The standard InChI is InChI=1S/C29H33NO.C2H2O4/c1-21-13-14-23(19-22(21)2)20-31-29-26-15-17-30(18-16-26)28(29)27(24-9-5-3-6-10-24)25-11-7-4-8-12-25;3-1(4)2(5)6/h3-14,19,26-29H,15-18,20H2,1-2H3;(H,3,4)(H,5,6)/t28-,29-;/m1./s1. The van der Waals surface area contributed by atoms with Gasteiger partial charge in [0.1, 0.15) is 0 Å². The number of nitrogens with zero attached hydrogens (tertiary/aromatic N) is 1. The summed E-state index contributed by atoms with van der Waals surface area (Å²) in [6.07, 6.45) is 2.77. The molecule has 0 saturated carbocycles. The Balaban J connectivity index is 0.000000480. The second-order valence-electron chi connectivity index (χ2n) is 9.97. The summed E-state index contributed by atoms with van der Waals surface area (Å²) in [7, 11) is 0. The Morgan fingerprint density at radius 2 is 1.38 bits per heavy atom. The summed E-state index contributed by atoms with van der Waals surface area (Å²) in [5, 5.41) is 14.8. The molecule has 0 aromatic heterocycles. The van der Waals surface area contributed by atoms with Crippen molar-refractivity contribution in [3.8, 4) is 0 Å². The van der Waals surface area contributed by atoms with E-state index in [0.717, 1.165) is 0 Å². The van der Waals surface area contributed by atoms with Gasteiger partial charge in [0.05, 0.1) is 12.7 Å². The van der Waals surface area contributed by atoms with Gasteiger partial charge in [0.15, 0.2) is 0 Å². The molecule has 3 saturated heterocycles. The summed E-state index contributed by atoms with van der Waals surface area (Å²) in [6, 6.07) is 29.2. The number of aryl methyl sites for hydroxylation is 2. The lowest BCUT2D eigenvalue weighted by Gasteiger charge is -2.53. The minimum Gasteiger partial charge on any atom is -0.473 e. The van der Waals surface area contributed by atoms with Gasteiger partial charge in [0.25, 0.3) is 0 Å². The number of piperidine rings is 3. The Labute approximate surface area is 218 Å². The normalized spacial score (nSPS) is 22.2. The molecule has 0 amide bonds. The molecule has 2 bridgehead atoms. The molecule has 37 heavy (non-hydrogen) atoms. The highest BCUT2D eigenvalue weighted by Gasteiger charge is 2.47. The number of carbonyl (C=O) groups is 2. The third-order valence-electron chi connectivity index (χ3n) is 7.65. The zero-order chi connectivity index (χ0) is 26.4. The highest BCUT2D eigenvalue weighted by molar-refractivity contribution is 6.27. The molecule has 3 aliphatic heterocycles. The smallest absolute Gasteiger partial charge is 0.414 e. The molecule has 0 radical (unpaired) electrons. The first-order valence-electron chi connectivity index (χ1n) is 12.8. The van der Waals surface area contributed by atoms with Crippen LogP contribution < -0.4 is 0 Å². The summed E-state index contributed by atoms with van der Waals surface area (Å²) >= 11 is 0. The van der Waals surface area contributed by atoms with Crippen LogP contribution in [0.2, 0.25) is 0 Å². The molecule has 194 valence electrons. The number of benzene rings is 3. The van der Waals surface area contributed by atoms with Gasteiger partial charge in [-0.2, -0.15) is 0 Å². The zero-order valence-electron chi connectivity index (χ0n) is 21.4. The second-order valence-corrected chi connectivity index (χ2v) is 9.97. The van der Waals surface area contributed by atoms with Gasteiger partial charge in [-0.05, 0) is 73.5 Å². The molecular formula is C31H35NO5.